The number of alkyl halides is 12. The largest absolute Gasteiger partial charge is 0.574 e. The van der Waals surface area contributed by atoms with Crippen LogP contribution in [-0.4, -0.2) is 19.2 Å². The Balaban J connectivity index is 0.000000199. The van der Waals surface area contributed by atoms with Crippen molar-refractivity contribution in [2.75, 3.05) is 0 Å². The van der Waals surface area contributed by atoms with Crippen molar-refractivity contribution >= 4 is 0 Å². The number of imidazole rings is 2. The smallest absolute Gasteiger partial charge is 0.415 e. The van der Waals surface area contributed by atoms with Crippen molar-refractivity contribution in [3.8, 4) is 34.1 Å². The number of hydrogen-bond donors (Lipinski definition) is 0. The molecule has 0 atom stereocenters. The monoisotopic (exact) mass is 1100 g/mol. The van der Waals surface area contributed by atoms with Crippen LogP contribution in [0.4, 0.5) is 52.7 Å². The molecule has 0 amide bonds. The maximum absolute atomic E-state index is 13.0. The SMILES string of the molecule is Cc1c(C)[n+](-c2cccc(C(F)(F)F)c2)[c-]n1-c1[c-]ccc(C(F)(F)F)c1.Cc1c(C)[n+](-c2cccc(C(F)(F)F)c2)[c-]n1-c1[c-]ccc(C(F)(F)F)c1.[Ir].c1ccc(-c2ccn[n-]2)nc1. The number of rotatable bonds is 5. The van der Waals surface area contributed by atoms with Crippen LogP contribution < -0.4 is 14.2 Å². The molecule has 4 heterocycles. The molecular weight excluding hydrogens is 1070 g/mol. The summed E-state index contributed by atoms with van der Waals surface area (Å²) in [6.07, 6.45) is -9.03. The molecule has 0 saturated carbocycles. The molecule has 1 radical (unpaired) electrons. The first-order chi connectivity index (χ1) is 30.4. The summed E-state index contributed by atoms with van der Waals surface area (Å²) in [7, 11) is 0. The Morgan fingerprint density at radius 1 is 0.500 bits per heavy atom. The summed E-state index contributed by atoms with van der Waals surface area (Å²) in [6, 6.07) is 28.2. The second-order valence-corrected chi connectivity index (χ2v) is 14.0. The van der Waals surface area contributed by atoms with Gasteiger partial charge in [0.2, 0.25) is 0 Å². The molecule has 347 valence electrons. The van der Waals surface area contributed by atoms with Crippen LogP contribution in [-0.2, 0) is 44.8 Å². The summed E-state index contributed by atoms with van der Waals surface area (Å²) >= 11 is 0. The quantitative estimate of drug-likeness (QED) is 0.0980. The third-order valence-corrected chi connectivity index (χ3v) is 9.75. The fourth-order valence-corrected chi connectivity index (χ4v) is 6.16. The third-order valence-electron chi connectivity index (χ3n) is 9.75. The van der Waals surface area contributed by atoms with E-state index < -0.39 is 47.0 Å². The first kappa shape index (κ1) is 50.5. The van der Waals surface area contributed by atoms with Crippen molar-refractivity contribution in [3.05, 3.63) is 191 Å². The Morgan fingerprint density at radius 2 is 0.924 bits per heavy atom. The maximum Gasteiger partial charge on any atom is 0.415 e. The van der Waals surface area contributed by atoms with E-state index in [1.807, 2.05) is 24.3 Å². The maximum atomic E-state index is 13.0. The van der Waals surface area contributed by atoms with Crippen molar-refractivity contribution in [2.45, 2.75) is 52.4 Å². The summed E-state index contributed by atoms with van der Waals surface area (Å²) in [5, 5.41) is 7.58. The molecule has 7 nitrogen and oxygen atoms in total. The minimum atomic E-state index is -4.52. The molecule has 8 aromatic rings. The van der Waals surface area contributed by atoms with E-state index in [0.717, 1.165) is 72.1 Å². The van der Waals surface area contributed by atoms with E-state index in [1.165, 1.54) is 42.5 Å². The number of benzene rings is 4. The van der Waals surface area contributed by atoms with Crippen LogP contribution in [0.1, 0.15) is 45.0 Å². The molecule has 0 aliphatic heterocycles. The molecule has 0 fully saturated rings. The van der Waals surface area contributed by atoms with Crippen LogP contribution >= 0.6 is 0 Å². The fraction of sp³-hybridized carbons (Fsp3) is 0.174. The van der Waals surface area contributed by atoms with Gasteiger partial charge >= 0.3 is 24.7 Å². The van der Waals surface area contributed by atoms with Crippen LogP contribution in [0.3, 0.4) is 0 Å². The van der Waals surface area contributed by atoms with Gasteiger partial charge in [-0.1, -0.05) is 53.2 Å². The van der Waals surface area contributed by atoms with Crippen molar-refractivity contribution in [2.24, 2.45) is 0 Å². The van der Waals surface area contributed by atoms with Crippen LogP contribution in [0.5, 0.6) is 0 Å². The van der Waals surface area contributed by atoms with Gasteiger partial charge in [-0.05, 0) is 75.5 Å². The van der Waals surface area contributed by atoms with E-state index in [0.29, 0.717) is 22.8 Å². The number of pyridine rings is 1. The van der Waals surface area contributed by atoms with Crippen LogP contribution in [0.25, 0.3) is 34.1 Å². The van der Waals surface area contributed by atoms with Crippen LogP contribution in [0.2, 0.25) is 0 Å². The van der Waals surface area contributed by atoms with E-state index >= 15 is 0 Å². The van der Waals surface area contributed by atoms with Gasteiger partial charge < -0.3 is 19.3 Å². The van der Waals surface area contributed by atoms with E-state index in [1.54, 1.807) is 40.1 Å². The standard InChI is InChI=1S/2C19H13F6N2.C8H6N3.Ir/c2*1-12-13(2)27(17-8-4-6-15(10-17)19(23,24)25)11-26(12)16-7-3-5-14(9-16)18(20,21)22;1-2-5-9-7(3-1)8-4-6-10-11-8;/h2*3-7,9-10H,1-2H3;1-6H;/q3*-1;. The van der Waals surface area contributed by atoms with Gasteiger partial charge in [0, 0.05) is 49.6 Å². The van der Waals surface area contributed by atoms with E-state index in [-0.39, 0.29) is 42.9 Å². The number of hydrogen-bond acceptors (Lipinski definition) is 2. The van der Waals surface area contributed by atoms with Gasteiger partial charge in [-0.3, -0.25) is 14.1 Å². The second-order valence-electron chi connectivity index (χ2n) is 14.0. The number of nitrogens with zero attached hydrogens (tertiary/aromatic N) is 7. The summed E-state index contributed by atoms with van der Waals surface area (Å²) in [6.45, 7) is 6.58. The minimum Gasteiger partial charge on any atom is -0.574 e. The van der Waals surface area contributed by atoms with Crippen LogP contribution in [0, 0.1) is 52.5 Å². The van der Waals surface area contributed by atoms with Crippen molar-refractivity contribution in [1.29, 1.82) is 0 Å². The topological polar surface area (TPSA) is 57.5 Å². The number of aromatic nitrogens is 7. The minimum absolute atomic E-state index is 0. The molecule has 66 heavy (non-hydrogen) atoms. The van der Waals surface area contributed by atoms with Gasteiger partial charge in [-0.15, -0.1) is 12.1 Å². The molecule has 8 rings (SSSR count). The molecule has 0 unspecified atom stereocenters. The fourth-order valence-electron chi connectivity index (χ4n) is 6.16. The molecule has 4 aromatic carbocycles. The van der Waals surface area contributed by atoms with Gasteiger partial charge in [0.25, 0.3) is 12.7 Å². The van der Waals surface area contributed by atoms with E-state index in [2.05, 4.69) is 40.0 Å². The van der Waals surface area contributed by atoms with Crippen LogP contribution in [0.15, 0.2) is 122 Å². The van der Waals surface area contributed by atoms with Crippen molar-refractivity contribution < 1.29 is 81.9 Å². The van der Waals surface area contributed by atoms with Gasteiger partial charge in [0.15, 0.2) is 0 Å². The summed E-state index contributed by atoms with van der Waals surface area (Å²) in [5.41, 5.74) is 1.09. The summed E-state index contributed by atoms with van der Waals surface area (Å²) in [4.78, 5) is 4.12. The Labute approximate surface area is 383 Å². The molecule has 0 aliphatic rings. The van der Waals surface area contributed by atoms with Crippen molar-refractivity contribution in [1.82, 2.24) is 24.3 Å². The Hall–Kier alpha value is -6.53. The molecule has 20 heteroatoms. The normalized spacial score (nSPS) is 11.8. The van der Waals surface area contributed by atoms with Gasteiger partial charge in [-0.25, -0.2) is 0 Å². The molecule has 0 N–H and O–H groups in total. The first-order valence-electron chi connectivity index (χ1n) is 18.9. The molecule has 0 spiro atoms. The molecule has 0 bridgehead atoms. The predicted octanol–water partition coefficient (Wildman–Crippen LogP) is 11.1. The molecule has 0 aliphatic carbocycles. The zero-order valence-corrected chi connectivity index (χ0v) is 36.9. The first-order valence-corrected chi connectivity index (χ1v) is 18.9. The molecule has 4 aromatic heterocycles. The third kappa shape index (κ3) is 11.8. The van der Waals surface area contributed by atoms with E-state index in [9.17, 15) is 52.7 Å². The molecular formula is C46H32F12IrN7-3. The Kier molecular flexibility index (Phi) is 15.2. The van der Waals surface area contributed by atoms with Gasteiger partial charge in [0.05, 0.1) is 33.9 Å². The Bertz CT molecular complexity index is 2560. The zero-order valence-electron chi connectivity index (χ0n) is 34.5. The van der Waals surface area contributed by atoms with Gasteiger partial charge in [0.1, 0.15) is 0 Å². The zero-order chi connectivity index (χ0) is 47.5. The average Bonchev–Trinajstić information content (AvgIpc) is 3.99. The van der Waals surface area contributed by atoms with Gasteiger partial charge in [-0.2, -0.15) is 89.1 Å². The average molecular weight is 1100 g/mol. The number of halogens is 12. The van der Waals surface area contributed by atoms with E-state index in [4.69, 9.17) is 0 Å². The van der Waals surface area contributed by atoms with Crippen molar-refractivity contribution in [3.63, 3.8) is 0 Å². The molecule has 0 saturated heterocycles. The predicted molar refractivity (Wildman–Crippen MR) is 210 cm³/mol. The summed E-state index contributed by atoms with van der Waals surface area (Å²) in [5.74, 6) is 0. The Morgan fingerprint density at radius 3 is 1.29 bits per heavy atom. The summed E-state index contributed by atoms with van der Waals surface area (Å²) < 4.78 is 161. The second kappa shape index (κ2) is 19.9.